The molecule has 0 radical (unpaired) electrons. The van der Waals surface area contributed by atoms with Crippen LogP contribution in [0.1, 0.15) is 11.3 Å². The van der Waals surface area contributed by atoms with Gasteiger partial charge in [0, 0.05) is 30.3 Å². The second kappa shape index (κ2) is 4.87. The van der Waals surface area contributed by atoms with E-state index in [0.717, 1.165) is 22.3 Å². The van der Waals surface area contributed by atoms with E-state index in [-0.39, 0.29) is 12.3 Å². The van der Waals surface area contributed by atoms with Crippen LogP contribution < -0.4 is 0 Å². The summed E-state index contributed by atoms with van der Waals surface area (Å²) >= 11 is 0. The summed E-state index contributed by atoms with van der Waals surface area (Å²) in [6.45, 7) is 2.44. The van der Waals surface area contributed by atoms with Gasteiger partial charge in [-0.3, -0.25) is 4.79 Å². The predicted octanol–water partition coefficient (Wildman–Crippen LogP) is 1.54. The fourth-order valence-corrected chi connectivity index (χ4v) is 3.52. The van der Waals surface area contributed by atoms with Crippen molar-refractivity contribution < 1.29 is 17.6 Å². The molecule has 1 aromatic heterocycles. The highest BCUT2D eigenvalue weighted by Crippen LogP contribution is 2.27. The quantitative estimate of drug-likeness (QED) is 0.862. The first-order chi connectivity index (χ1) is 9.86. The molecule has 21 heavy (non-hydrogen) atoms. The number of benzene rings is 1. The zero-order valence-corrected chi connectivity index (χ0v) is 12.8. The minimum Gasteiger partial charge on any atom is -0.461 e. The van der Waals surface area contributed by atoms with Gasteiger partial charge in [0.15, 0.2) is 9.84 Å². The molecule has 1 saturated heterocycles. The van der Waals surface area contributed by atoms with E-state index in [4.69, 9.17) is 4.42 Å². The fourth-order valence-electron chi connectivity index (χ4n) is 2.62. The molecule has 2 aromatic rings. The van der Waals surface area contributed by atoms with Crippen molar-refractivity contribution in [2.75, 3.05) is 19.3 Å². The highest BCUT2D eigenvalue weighted by atomic mass is 32.2. The standard InChI is InChI=1S/C15H17NO4S/c1-10-13(12-5-3-4-6-14(12)20-10)7-15(17)16-8-11(9-16)21(2,18)19/h3-6,11H,7-9H2,1-2H3. The molecule has 0 bridgehead atoms. The van der Waals surface area contributed by atoms with Gasteiger partial charge in [-0.2, -0.15) is 0 Å². The highest BCUT2D eigenvalue weighted by Gasteiger charge is 2.37. The Hall–Kier alpha value is -1.82. The van der Waals surface area contributed by atoms with Gasteiger partial charge in [0.2, 0.25) is 5.91 Å². The zero-order chi connectivity index (χ0) is 15.2. The summed E-state index contributed by atoms with van der Waals surface area (Å²) in [7, 11) is -3.05. The second-order valence-corrected chi connectivity index (χ2v) is 7.89. The number of fused-ring (bicyclic) bond motifs is 1. The number of likely N-dealkylation sites (tertiary alicyclic amines) is 1. The number of para-hydroxylation sites is 1. The lowest BCUT2D eigenvalue weighted by Gasteiger charge is -2.38. The second-order valence-electron chi connectivity index (χ2n) is 5.56. The van der Waals surface area contributed by atoms with Crippen LogP contribution in [-0.2, 0) is 21.1 Å². The first-order valence-electron chi connectivity index (χ1n) is 6.80. The van der Waals surface area contributed by atoms with Crippen molar-refractivity contribution in [3.8, 4) is 0 Å². The Balaban J connectivity index is 1.75. The number of rotatable bonds is 3. The van der Waals surface area contributed by atoms with Crippen molar-refractivity contribution in [3.63, 3.8) is 0 Å². The molecule has 112 valence electrons. The smallest absolute Gasteiger partial charge is 0.227 e. The number of carbonyl (C=O) groups excluding carboxylic acids is 1. The Kier molecular flexibility index (Phi) is 3.28. The van der Waals surface area contributed by atoms with Gasteiger partial charge >= 0.3 is 0 Å². The van der Waals surface area contributed by atoms with Gasteiger partial charge in [-0.25, -0.2) is 8.42 Å². The number of nitrogens with zero attached hydrogens (tertiary/aromatic N) is 1. The van der Waals surface area contributed by atoms with E-state index in [1.807, 2.05) is 31.2 Å². The van der Waals surface area contributed by atoms with Crippen molar-refractivity contribution in [2.24, 2.45) is 0 Å². The molecule has 0 saturated carbocycles. The molecular formula is C15H17NO4S. The third-order valence-corrected chi connectivity index (χ3v) is 5.54. The molecule has 0 spiro atoms. The van der Waals surface area contributed by atoms with Crippen LogP contribution in [0.25, 0.3) is 11.0 Å². The summed E-state index contributed by atoms with van der Waals surface area (Å²) in [5.74, 6) is 0.689. The molecule has 1 aromatic carbocycles. The Morgan fingerprint density at radius 1 is 1.33 bits per heavy atom. The zero-order valence-electron chi connectivity index (χ0n) is 12.0. The average Bonchev–Trinajstić information content (AvgIpc) is 2.62. The van der Waals surface area contributed by atoms with E-state index in [2.05, 4.69) is 0 Å². The van der Waals surface area contributed by atoms with Crippen LogP contribution in [0.15, 0.2) is 28.7 Å². The summed E-state index contributed by atoms with van der Waals surface area (Å²) in [6.07, 6.45) is 1.46. The van der Waals surface area contributed by atoms with E-state index >= 15 is 0 Å². The first kappa shape index (κ1) is 14.1. The summed E-state index contributed by atoms with van der Waals surface area (Å²) < 4.78 is 28.4. The van der Waals surface area contributed by atoms with Crippen LogP contribution in [-0.4, -0.2) is 43.8 Å². The predicted molar refractivity (Wildman–Crippen MR) is 79.9 cm³/mol. The Labute approximate surface area is 123 Å². The molecule has 1 aliphatic heterocycles. The van der Waals surface area contributed by atoms with Gasteiger partial charge in [0.1, 0.15) is 11.3 Å². The van der Waals surface area contributed by atoms with Crippen LogP contribution in [0.2, 0.25) is 0 Å². The Bertz CT molecular complexity index is 800. The van der Waals surface area contributed by atoms with Gasteiger partial charge < -0.3 is 9.32 Å². The minimum absolute atomic E-state index is 0.0513. The normalized spacial score (nSPS) is 16.2. The largest absolute Gasteiger partial charge is 0.461 e. The number of sulfone groups is 1. The summed E-state index contributed by atoms with van der Waals surface area (Å²) in [6, 6.07) is 7.61. The molecular weight excluding hydrogens is 290 g/mol. The van der Waals surface area contributed by atoms with Gasteiger partial charge in [-0.1, -0.05) is 18.2 Å². The highest BCUT2D eigenvalue weighted by molar-refractivity contribution is 7.91. The Morgan fingerprint density at radius 3 is 2.67 bits per heavy atom. The molecule has 0 aliphatic carbocycles. The molecule has 1 amide bonds. The van der Waals surface area contributed by atoms with Crippen molar-refractivity contribution in [1.82, 2.24) is 4.90 Å². The molecule has 5 nitrogen and oxygen atoms in total. The van der Waals surface area contributed by atoms with E-state index in [1.165, 1.54) is 6.26 Å². The van der Waals surface area contributed by atoms with E-state index < -0.39 is 15.1 Å². The summed E-state index contributed by atoms with van der Waals surface area (Å²) in [5.41, 5.74) is 1.66. The number of aryl methyl sites for hydroxylation is 1. The van der Waals surface area contributed by atoms with Crippen LogP contribution in [0.4, 0.5) is 0 Å². The maximum absolute atomic E-state index is 12.3. The fraction of sp³-hybridized carbons (Fsp3) is 0.400. The van der Waals surface area contributed by atoms with E-state index in [0.29, 0.717) is 13.1 Å². The molecule has 0 atom stereocenters. The monoisotopic (exact) mass is 307 g/mol. The van der Waals surface area contributed by atoms with Crippen molar-refractivity contribution in [3.05, 3.63) is 35.6 Å². The van der Waals surface area contributed by atoms with Gasteiger partial charge in [0.25, 0.3) is 0 Å². The number of hydrogen-bond donors (Lipinski definition) is 0. The molecule has 2 heterocycles. The van der Waals surface area contributed by atoms with Crippen LogP contribution in [0.5, 0.6) is 0 Å². The van der Waals surface area contributed by atoms with Crippen molar-refractivity contribution in [1.29, 1.82) is 0 Å². The van der Waals surface area contributed by atoms with Crippen molar-refractivity contribution >= 4 is 26.7 Å². The lowest BCUT2D eigenvalue weighted by Crippen LogP contribution is -2.57. The topological polar surface area (TPSA) is 67.6 Å². The van der Waals surface area contributed by atoms with E-state index in [9.17, 15) is 13.2 Å². The van der Waals surface area contributed by atoms with E-state index in [1.54, 1.807) is 4.90 Å². The molecule has 3 rings (SSSR count). The van der Waals surface area contributed by atoms with Crippen LogP contribution >= 0.6 is 0 Å². The molecule has 0 N–H and O–H groups in total. The third kappa shape index (κ3) is 2.55. The van der Waals surface area contributed by atoms with Gasteiger partial charge in [0.05, 0.1) is 11.7 Å². The maximum Gasteiger partial charge on any atom is 0.227 e. The number of hydrogen-bond acceptors (Lipinski definition) is 4. The minimum atomic E-state index is -3.05. The summed E-state index contributed by atoms with van der Waals surface area (Å²) in [5, 5.41) is 0.534. The Morgan fingerprint density at radius 2 is 2.00 bits per heavy atom. The third-order valence-electron chi connectivity index (χ3n) is 4.03. The first-order valence-corrected chi connectivity index (χ1v) is 8.75. The van der Waals surface area contributed by atoms with Crippen LogP contribution in [0, 0.1) is 6.92 Å². The molecule has 0 unspecified atom stereocenters. The number of carbonyl (C=O) groups is 1. The number of amides is 1. The maximum atomic E-state index is 12.3. The van der Waals surface area contributed by atoms with Crippen LogP contribution in [0.3, 0.4) is 0 Å². The summed E-state index contributed by atoms with van der Waals surface area (Å²) in [4.78, 5) is 13.8. The molecule has 1 fully saturated rings. The van der Waals surface area contributed by atoms with Crippen molar-refractivity contribution in [2.45, 2.75) is 18.6 Å². The lowest BCUT2D eigenvalue weighted by atomic mass is 10.1. The molecule has 6 heteroatoms. The lowest BCUT2D eigenvalue weighted by molar-refractivity contribution is -0.133. The SMILES string of the molecule is Cc1oc2ccccc2c1CC(=O)N1CC(S(C)(=O)=O)C1. The van der Waals surface area contributed by atoms with Gasteiger partial charge in [-0.15, -0.1) is 0 Å². The number of furan rings is 1. The average molecular weight is 307 g/mol. The molecule has 1 aliphatic rings. The van der Waals surface area contributed by atoms with Gasteiger partial charge in [-0.05, 0) is 13.0 Å².